The monoisotopic (exact) mass is 376 g/mol. The van der Waals surface area contributed by atoms with Crippen LogP contribution in [0.3, 0.4) is 0 Å². The highest BCUT2D eigenvalue weighted by molar-refractivity contribution is 5.95. The van der Waals surface area contributed by atoms with E-state index in [0.717, 1.165) is 23.8 Å². The van der Waals surface area contributed by atoms with Gasteiger partial charge in [0.05, 0.1) is 6.04 Å². The number of anilines is 1. The summed E-state index contributed by atoms with van der Waals surface area (Å²) in [6.07, 6.45) is 13.2. The van der Waals surface area contributed by atoms with Crippen LogP contribution in [0.1, 0.15) is 30.9 Å². The van der Waals surface area contributed by atoms with Crippen LogP contribution < -0.4 is 5.32 Å². The van der Waals surface area contributed by atoms with Gasteiger partial charge in [0.25, 0.3) is 0 Å². The fraction of sp³-hybridized carbons (Fsp3) is 0.300. The summed E-state index contributed by atoms with van der Waals surface area (Å²) in [5.41, 5.74) is 1.67. The summed E-state index contributed by atoms with van der Waals surface area (Å²) in [7, 11) is 0. The van der Waals surface area contributed by atoms with Gasteiger partial charge in [0.2, 0.25) is 5.91 Å². The van der Waals surface area contributed by atoms with E-state index in [4.69, 9.17) is 0 Å². The summed E-state index contributed by atoms with van der Waals surface area (Å²) in [6, 6.07) is 3.57. The maximum atomic E-state index is 13.0. The van der Waals surface area contributed by atoms with E-state index in [1.165, 1.54) is 10.9 Å². The molecule has 0 spiro atoms. The van der Waals surface area contributed by atoms with Crippen LogP contribution >= 0.6 is 0 Å². The van der Waals surface area contributed by atoms with E-state index in [1.807, 2.05) is 29.3 Å². The Morgan fingerprint density at radius 3 is 2.93 bits per heavy atom. The third-order valence-corrected chi connectivity index (χ3v) is 5.29. The first-order valence-corrected chi connectivity index (χ1v) is 9.43. The van der Waals surface area contributed by atoms with E-state index < -0.39 is 0 Å². The minimum atomic E-state index is -0.155. The number of aromatic amines is 1. The smallest absolute Gasteiger partial charge is 0.330 e. The molecule has 1 saturated carbocycles. The van der Waals surface area contributed by atoms with E-state index >= 15 is 0 Å². The highest BCUT2D eigenvalue weighted by Gasteiger charge is 2.31. The lowest BCUT2D eigenvalue weighted by Gasteiger charge is -2.33. The maximum absolute atomic E-state index is 13.0. The molecule has 8 nitrogen and oxygen atoms in total. The van der Waals surface area contributed by atoms with Crippen molar-refractivity contribution in [2.45, 2.75) is 25.3 Å². The van der Waals surface area contributed by atoms with Gasteiger partial charge in [-0.25, -0.2) is 14.8 Å². The Kier molecular flexibility index (Phi) is 3.96. The maximum Gasteiger partial charge on any atom is 0.330 e. The number of nitrogens with zero attached hydrogens (tertiary/aromatic N) is 4. The van der Waals surface area contributed by atoms with Gasteiger partial charge in [0.15, 0.2) is 0 Å². The number of aromatic nitrogens is 4. The van der Waals surface area contributed by atoms with Crippen LogP contribution in [0.15, 0.2) is 49.2 Å². The summed E-state index contributed by atoms with van der Waals surface area (Å²) >= 11 is 0. The highest BCUT2D eigenvalue weighted by Crippen LogP contribution is 2.35. The summed E-state index contributed by atoms with van der Waals surface area (Å²) in [4.78, 5) is 38.7. The third-order valence-electron chi connectivity index (χ3n) is 5.29. The average molecular weight is 376 g/mol. The molecule has 2 aliphatic rings. The molecular weight excluding hydrogens is 356 g/mol. The molecule has 3 aromatic rings. The molecule has 5 rings (SSSR count). The lowest BCUT2D eigenvalue weighted by Crippen LogP contribution is -2.39. The Hall–Kier alpha value is -3.42. The normalized spacial score (nSPS) is 19.1. The van der Waals surface area contributed by atoms with Gasteiger partial charge in [-0.15, -0.1) is 0 Å². The molecule has 1 fully saturated rings. The topological polar surface area (TPSA) is 95.9 Å². The van der Waals surface area contributed by atoms with Crippen LogP contribution in [0.5, 0.6) is 0 Å². The number of rotatable bonds is 3. The van der Waals surface area contributed by atoms with Gasteiger partial charge in [-0.3, -0.25) is 9.36 Å². The van der Waals surface area contributed by atoms with Crippen LogP contribution in [0.4, 0.5) is 10.6 Å². The van der Waals surface area contributed by atoms with Gasteiger partial charge in [-0.05, 0) is 37.0 Å². The minimum absolute atomic E-state index is 0.0132. The fourth-order valence-corrected chi connectivity index (χ4v) is 3.67. The minimum Gasteiger partial charge on any atom is -0.346 e. The second kappa shape index (κ2) is 6.63. The van der Waals surface area contributed by atoms with E-state index in [9.17, 15) is 9.59 Å². The Bertz CT molecular complexity index is 1060. The van der Waals surface area contributed by atoms with Crippen LogP contribution in [0.2, 0.25) is 0 Å². The molecule has 142 valence electrons. The number of carbonyl (C=O) groups excluding carboxylic acids is 2. The Morgan fingerprint density at radius 1 is 1.25 bits per heavy atom. The number of amides is 2. The molecule has 1 unspecified atom stereocenters. The first kappa shape index (κ1) is 16.7. The zero-order chi connectivity index (χ0) is 19.1. The molecule has 1 atom stereocenters. The molecule has 0 radical (unpaired) electrons. The molecule has 28 heavy (non-hydrogen) atoms. The quantitative estimate of drug-likeness (QED) is 0.687. The number of hydrogen-bond donors (Lipinski definition) is 2. The van der Waals surface area contributed by atoms with Gasteiger partial charge in [-0.1, -0.05) is 12.2 Å². The molecule has 2 N–H and O–H groups in total. The lowest BCUT2D eigenvalue weighted by molar-refractivity contribution is -0.117. The second-order valence-corrected chi connectivity index (χ2v) is 7.23. The standard InChI is InChI=1S/C20H20N6O2/c27-19(13-4-5-13)24-17-11-15(14-6-7-22-18(14)23-17)16-3-1-2-9-26(16)20(28)25-10-8-21-12-25/h1-2,6-8,10-13,16H,3-5,9H2,(H2,22,23,24,27). The predicted octanol–water partition coefficient (Wildman–Crippen LogP) is 3.08. The van der Waals surface area contributed by atoms with Crippen molar-refractivity contribution in [3.63, 3.8) is 0 Å². The van der Waals surface area contributed by atoms with E-state index in [1.54, 1.807) is 12.4 Å². The molecule has 8 heteroatoms. The van der Waals surface area contributed by atoms with Crippen LogP contribution in [-0.4, -0.2) is 42.9 Å². The predicted molar refractivity (Wildman–Crippen MR) is 104 cm³/mol. The summed E-state index contributed by atoms with van der Waals surface area (Å²) in [5, 5.41) is 3.88. The molecule has 4 heterocycles. The first-order valence-electron chi connectivity index (χ1n) is 9.43. The van der Waals surface area contributed by atoms with Gasteiger partial charge in [-0.2, -0.15) is 0 Å². The fourth-order valence-electron chi connectivity index (χ4n) is 3.67. The van der Waals surface area contributed by atoms with E-state index in [-0.39, 0.29) is 23.9 Å². The SMILES string of the molecule is O=C(Nc1cc(C2CC=CCN2C(=O)n2ccnc2)c2cc[nH]c2n1)C1CC1. The second-order valence-electron chi connectivity index (χ2n) is 7.23. The zero-order valence-corrected chi connectivity index (χ0v) is 15.2. The molecule has 2 amide bonds. The number of H-pyrrole nitrogens is 1. The van der Waals surface area contributed by atoms with Crippen molar-refractivity contribution in [1.82, 2.24) is 24.4 Å². The summed E-state index contributed by atoms with van der Waals surface area (Å²) in [5.74, 6) is 0.632. The Balaban J connectivity index is 1.54. The summed E-state index contributed by atoms with van der Waals surface area (Å²) < 4.78 is 1.48. The van der Waals surface area contributed by atoms with Crippen LogP contribution in [0, 0.1) is 5.92 Å². The van der Waals surface area contributed by atoms with Crippen molar-refractivity contribution in [3.05, 3.63) is 54.8 Å². The van der Waals surface area contributed by atoms with Crippen molar-refractivity contribution in [2.24, 2.45) is 5.92 Å². The van der Waals surface area contributed by atoms with E-state index in [2.05, 4.69) is 26.3 Å². The number of imidazole rings is 1. The molecule has 0 saturated heterocycles. The number of hydrogen-bond acceptors (Lipinski definition) is 4. The number of pyridine rings is 1. The van der Waals surface area contributed by atoms with Crippen LogP contribution in [-0.2, 0) is 4.79 Å². The van der Waals surface area contributed by atoms with E-state index in [0.29, 0.717) is 24.4 Å². The zero-order valence-electron chi connectivity index (χ0n) is 15.2. The molecule has 1 aliphatic carbocycles. The van der Waals surface area contributed by atoms with Crippen molar-refractivity contribution >= 4 is 28.8 Å². The molecule has 0 bridgehead atoms. The average Bonchev–Trinajstić information content (AvgIpc) is 3.22. The molecule has 3 aromatic heterocycles. The Morgan fingerprint density at radius 2 is 2.14 bits per heavy atom. The largest absolute Gasteiger partial charge is 0.346 e. The summed E-state index contributed by atoms with van der Waals surface area (Å²) in [6.45, 7) is 0.514. The highest BCUT2D eigenvalue weighted by atomic mass is 16.2. The van der Waals surface area contributed by atoms with Gasteiger partial charge in [0, 0.05) is 36.4 Å². The van der Waals surface area contributed by atoms with Gasteiger partial charge < -0.3 is 15.2 Å². The van der Waals surface area contributed by atoms with Crippen molar-refractivity contribution in [3.8, 4) is 0 Å². The molecule has 0 aromatic carbocycles. The number of fused-ring (bicyclic) bond motifs is 1. The molecular formula is C20H20N6O2. The number of nitrogens with one attached hydrogen (secondary N) is 2. The first-order chi connectivity index (χ1) is 13.7. The van der Waals surface area contributed by atoms with Crippen LogP contribution in [0.25, 0.3) is 11.0 Å². The Labute approximate surface area is 161 Å². The number of carbonyl (C=O) groups is 2. The molecule has 1 aliphatic heterocycles. The van der Waals surface area contributed by atoms with Crippen molar-refractivity contribution in [1.29, 1.82) is 0 Å². The third kappa shape index (κ3) is 2.96. The van der Waals surface area contributed by atoms with Crippen molar-refractivity contribution < 1.29 is 9.59 Å². The van der Waals surface area contributed by atoms with Crippen molar-refractivity contribution in [2.75, 3.05) is 11.9 Å². The van der Waals surface area contributed by atoms with Gasteiger partial charge >= 0.3 is 6.03 Å². The lowest BCUT2D eigenvalue weighted by atomic mass is 9.97. The van der Waals surface area contributed by atoms with Gasteiger partial charge in [0.1, 0.15) is 17.8 Å².